The van der Waals surface area contributed by atoms with E-state index in [1.165, 1.54) is 0 Å². The van der Waals surface area contributed by atoms with Gasteiger partial charge in [-0.1, -0.05) is 0 Å². The molecule has 0 amide bonds. The van der Waals surface area contributed by atoms with Crippen molar-refractivity contribution in [2.24, 2.45) is 0 Å². The van der Waals surface area contributed by atoms with Crippen LogP contribution in [0.4, 0.5) is 0 Å². The molecule has 0 fully saturated rings. The highest BCUT2D eigenvalue weighted by molar-refractivity contribution is 5.90. The molecule has 0 aromatic rings. The zero-order valence-corrected chi connectivity index (χ0v) is 21.2. The number of carboxylic acid groups (broad SMARTS) is 1. The van der Waals surface area contributed by atoms with Gasteiger partial charge in [0.1, 0.15) is 0 Å². The first-order chi connectivity index (χ1) is 16.7. The molecule has 0 aliphatic heterocycles. The monoisotopic (exact) mass is 524 g/mol. The minimum Gasteiger partial charge on any atom is -0.479 e. The van der Waals surface area contributed by atoms with Gasteiger partial charge in [0.05, 0.1) is 58.7 Å². The van der Waals surface area contributed by atoms with Gasteiger partial charge < -0.3 is 39.0 Å². The molecule has 0 spiro atoms. The third-order valence-electron chi connectivity index (χ3n) is 4.02. The lowest BCUT2D eigenvalue weighted by Crippen LogP contribution is -2.44. The smallest absolute Gasteiger partial charge is 0.339 e. The number of hydrogen-bond donors (Lipinski definition) is 3. The van der Waals surface area contributed by atoms with Gasteiger partial charge in [0.15, 0.2) is 11.2 Å². The molecule has 0 aliphatic carbocycles. The number of esters is 5. The van der Waals surface area contributed by atoms with Crippen LogP contribution in [0, 0.1) is 0 Å². The molecule has 0 saturated carbocycles. The van der Waals surface area contributed by atoms with Crippen molar-refractivity contribution in [1.29, 1.82) is 0 Å². The average Bonchev–Trinajstić information content (AvgIpc) is 2.74. The number of carboxylic acids is 1. The van der Waals surface area contributed by atoms with Crippen LogP contribution in [0.25, 0.3) is 0 Å². The van der Waals surface area contributed by atoms with E-state index in [-0.39, 0.29) is 33.0 Å². The molecule has 36 heavy (non-hydrogen) atoms. The fourth-order valence-electron chi connectivity index (χ4n) is 2.49. The van der Waals surface area contributed by atoms with Crippen molar-refractivity contribution >= 4 is 35.8 Å². The van der Waals surface area contributed by atoms with Gasteiger partial charge >= 0.3 is 35.8 Å². The van der Waals surface area contributed by atoms with E-state index in [1.54, 1.807) is 34.6 Å². The van der Waals surface area contributed by atoms with E-state index < -0.39 is 72.7 Å². The summed E-state index contributed by atoms with van der Waals surface area (Å²) in [4.78, 5) is 67.4. The highest BCUT2D eigenvalue weighted by atomic mass is 16.6. The summed E-state index contributed by atoms with van der Waals surface area (Å²) in [5.74, 6) is -6.07. The average molecular weight is 525 g/mol. The normalized spacial score (nSPS) is 10.8. The summed E-state index contributed by atoms with van der Waals surface area (Å²) < 4.78 is 23.0. The SMILES string of the molecule is CCOC(=O)CC(O)(CC(=O)OCC)C(=O)O.CCOC(=O)CC(O)(CC(=O)OCC)C(=O)OCC. The molecule has 0 aromatic carbocycles. The number of ether oxygens (including phenoxy) is 5. The maximum atomic E-state index is 11.7. The number of aliphatic hydroxyl groups is 2. The van der Waals surface area contributed by atoms with Gasteiger partial charge in [0.25, 0.3) is 0 Å². The van der Waals surface area contributed by atoms with Gasteiger partial charge in [-0.05, 0) is 34.6 Å². The Kier molecular flexibility index (Phi) is 17.5. The maximum Gasteiger partial charge on any atom is 0.339 e. The molecule has 14 heteroatoms. The molecule has 0 bridgehead atoms. The Labute approximate surface area is 208 Å². The van der Waals surface area contributed by atoms with Crippen LogP contribution >= 0.6 is 0 Å². The second kappa shape index (κ2) is 18.1. The van der Waals surface area contributed by atoms with Gasteiger partial charge in [-0.25, -0.2) is 9.59 Å². The number of rotatable bonds is 15. The molecule has 0 radical (unpaired) electrons. The van der Waals surface area contributed by atoms with Crippen LogP contribution in [0.1, 0.15) is 60.3 Å². The van der Waals surface area contributed by atoms with Gasteiger partial charge in [-0.15, -0.1) is 0 Å². The standard InChI is InChI=1S/C12H20O7.C10H16O7/c1-4-17-9(13)7-12(16,11(15)19-6-3)8-10(14)18-5-2;1-3-16-7(11)5-10(15,9(13)14)6-8(12)17-4-2/h16H,4-8H2,1-3H3;15H,3-6H2,1-2H3,(H,13,14). The van der Waals surface area contributed by atoms with Gasteiger partial charge in [-0.3, -0.25) is 19.2 Å². The van der Waals surface area contributed by atoms with Crippen LogP contribution in [0.2, 0.25) is 0 Å². The van der Waals surface area contributed by atoms with E-state index in [9.17, 15) is 39.0 Å². The minimum absolute atomic E-state index is 0.0206. The molecule has 3 N–H and O–H groups in total. The number of hydrogen-bond acceptors (Lipinski definition) is 13. The predicted molar refractivity (Wildman–Crippen MR) is 119 cm³/mol. The largest absolute Gasteiger partial charge is 0.479 e. The molecular formula is C22H36O14. The van der Waals surface area contributed by atoms with E-state index >= 15 is 0 Å². The summed E-state index contributed by atoms with van der Waals surface area (Å²) in [6.45, 7) is 8.18. The quantitative estimate of drug-likeness (QED) is 0.189. The summed E-state index contributed by atoms with van der Waals surface area (Å²) >= 11 is 0. The van der Waals surface area contributed by atoms with Gasteiger partial charge in [0.2, 0.25) is 0 Å². The Balaban J connectivity index is 0. The molecule has 0 rings (SSSR count). The van der Waals surface area contributed by atoms with Crippen LogP contribution in [0.5, 0.6) is 0 Å². The first-order valence-corrected chi connectivity index (χ1v) is 11.2. The predicted octanol–water partition coefficient (Wildman–Crippen LogP) is -0.104. The summed E-state index contributed by atoms with van der Waals surface area (Å²) in [6, 6.07) is 0. The zero-order valence-electron chi connectivity index (χ0n) is 21.2. The first-order valence-electron chi connectivity index (χ1n) is 11.2. The Hall–Kier alpha value is -3.26. The van der Waals surface area contributed by atoms with Crippen molar-refractivity contribution in [1.82, 2.24) is 0 Å². The zero-order chi connectivity index (χ0) is 28.4. The van der Waals surface area contributed by atoms with E-state index in [0.717, 1.165) is 0 Å². The third kappa shape index (κ3) is 14.2. The van der Waals surface area contributed by atoms with Crippen molar-refractivity contribution in [3.8, 4) is 0 Å². The van der Waals surface area contributed by atoms with Crippen LogP contribution in [-0.4, -0.2) is 95.4 Å². The second-order valence-corrected chi connectivity index (χ2v) is 7.02. The number of aliphatic carboxylic acids is 1. The third-order valence-corrected chi connectivity index (χ3v) is 4.02. The summed E-state index contributed by atoms with van der Waals surface area (Å²) in [6.07, 6.45) is -2.90. The Bertz CT molecular complexity index is 705. The molecule has 0 aliphatic rings. The number of carbonyl (C=O) groups excluding carboxylic acids is 5. The van der Waals surface area contributed by atoms with Gasteiger partial charge in [0, 0.05) is 0 Å². The summed E-state index contributed by atoms with van der Waals surface area (Å²) in [5.41, 5.74) is -4.74. The molecule has 0 heterocycles. The van der Waals surface area contributed by atoms with Crippen LogP contribution < -0.4 is 0 Å². The highest BCUT2D eigenvalue weighted by Crippen LogP contribution is 2.20. The lowest BCUT2D eigenvalue weighted by molar-refractivity contribution is -0.177. The second-order valence-electron chi connectivity index (χ2n) is 7.02. The van der Waals surface area contributed by atoms with Crippen LogP contribution in [-0.2, 0) is 52.5 Å². The molecule has 208 valence electrons. The Morgan fingerprint density at radius 1 is 0.500 bits per heavy atom. The first kappa shape index (κ1) is 34.9. The molecule has 0 atom stereocenters. The van der Waals surface area contributed by atoms with Crippen molar-refractivity contribution in [2.75, 3.05) is 33.0 Å². The minimum atomic E-state index is -2.49. The lowest BCUT2D eigenvalue weighted by atomic mass is 9.95. The van der Waals surface area contributed by atoms with Crippen LogP contribution in [0.15, 0.2) is 0 Å². The molecule has 0 unspecified atom stereocenters. The number of carbonyl (C=O) groups is 6. The van der Waals surface area contributed by atoms with E-state index in [1.807, 2.05) is 0 Å². The molecule has 0 aromatic heterocycles. The van der Waals surface area contributed by atoms with Crippen molar-refractivity contribution in [2.45, 2.75) is 71.5 Å². The summed E-state index contributed by atoms with van der Waals surface area (Å²) in [7, 11) is 0. The fourth-order valence-corrected chi connectivity index (χ4v) is 2.49. The molecule has 0 saturated heterocycles. The van der Waals surface area contributed by atoms with Crippen molar-refractivity contribution in [3.63, 3.8) is 0 Å². The molecular weight excluding hydrogens is 488 g/mol. The van der Waals surface area contributed by atoms with Crippen molar-refractivity contribution in [3.05, 3.63) is 0 Å². The Morgan fingerprint density at radius 2 is 0.750 bits per heavy atom. The fraction of sp³-hybridized carbons (Fsp3) is 0.727. The van der Waals surface area contributed by atoms with E-state index in [4.69, 9.17) is 5.11 Å². The van der Waals surface area contributed by atoms with E-state index in [2.05, 4.69) is 23.7 Å². The lowest BCUT2D eigenvalue weighted by Gasteiger charge is -2.23. The topological polar surface area (TPSA) is 209 Å². The molecule has 14 nitrogen and oxygen atoms in total. The van der Waals surface area contributed by atoms with Crippen molar-refractivity contribution < 1.29 is 67.8 Å². The maximum absolute atomic E-state index is 11.7. The van der Waals surface area contributed by atoms with E-state index in [0.29, 0.717) is 0 Å². The van der Waals surface area contributed by atoms with Gasteiger partial charge in [-0.2, -0.15) is 0 Å². The summed E-state index contributed by atoms with van der Waals surface area (Å²) in [5, 5.41) is 28.6. The van der Waals surface area contributed by atoms with Crippen LogP contribution in [0.3, 0.4) is 0 Å². The Morgan fingerprint density at radius 3 is 0.972 bits per heavy atom. The highest BCUT2D eigenvalue weighted by Gasteiger charge is 2.43.